The van der Waals surface area contributed by atoms with E-state index in [0.717, 1.165) is 11.1 Å². The zero-order chi connectivity index (χ0) is 23.3. The molecule has 7 heteroatoms. The normalized spacial score (nSPS) is 12.6. The van der Waals surface area contributed by atoms with Crippen molar-refractivity contribution in [2.45, 2.75) is 30.8 Å². The first-order chi connectivity index (χ1) is 15.2. The van der Waals surface area contributed by atoms with Gasteiger partial charge in [0.05, 0.1) is 10.9 Å². The molecule has 0 aliphatic heterocycles. The van der Waals surface area contributed by atoms with Gasteiger partial charge in [0.15, 0.2) is 0 Å². The molecule has 0 heterocycles. The predicted octanol–water partition coefficient (Wildman–Crippen LogP) is 3.95. The summed E-state index contributed by atoms with van der Waals surface area (Å²) in [5, 5.41) is 6.25. The highest BCUT2D eigenvalue weighted by Gasteiger charge is 2.23. The van der Waals surface area contributed by atoms with E-state index in [0.29, 0.717) is 11.3 Å². The van der Waals surface area contributed by atoms with E-state index in [1.54, 1.807) is 32.0 Å². The maximum absolute atomic E-state index is 13.1. The summed E-state index contributed by atoms with van der Waals surface area (Å²) in [5.41, 5.74) is 3.17. The molecular weight excluding hydrogens is 422 g/mol. The molecule has 0 aliphatic rings. The third-order valence-corrected chi connectivity index (χ3v) is 7.23. The van der Waals surface area contributed by atoms with Crippen LogP contribution in [-0.2, 0) is 14.8 Å². The summed E-state index contributed by atoms with van der Waals surface area (Å²) in [4.78, 5) is 13.3. The van der Waals surface area contributed by atoms with Gasteiger partial charge in [0, 0.05) is 19.8 Å². The Labute approximate surface area is 190 Å². The lowest BCUT2D eigenvalue weighted by atomic mass is 9.98. The molecule has 0 spiro atoms. The van der Waals surface area contributed by atoms with Crippen molar-refractivity contribution in [3.8, 4) is 0 Å². The Morgan fingerprint density at radius 1 is 0.875 bits per heavy atom. The Kier molecular flexibility index (Phi) is 7.33. The van der Waals surface area contributed by atoms with Gasteiger partial charge in [-0.05, 0) is 42.7 Å². The van der Waals surface area contributed by atoms with Gasteiger partial charge in [0.2, 0.25) is 15.9 Å². The molecule has 1 atom stereocenters. The monoisotopic (exact) mass is 451 g/mol. The average molecular weight is 452 g/mol. The van der Waals surface area contributed by atoms with E-state index in [2.05, 4.69) is 10.6 Å². The summed E-state index contributed by atoms with van der Waals surface area (Å²) in [5.74, 6) is -0.194. The Balaban J connectivity index is 1.81. The van der Waals surface area contributed by atoms with Crippen molar-refractivity contribution in [1.82, 2.24) is 9.62 Å². The van der Waals surface area contributed by atoms with Gasteiger partial charge in [-0.2, -0.15) is 0 Å². The fraction of sp³-hybridized carbons (Fsp3) is 0.240. The number of aryl methyl sites for hydroxylation is 1. The van der Waals surface area contributed by atoms with Crippen LogP contribution < -0.4 is 10.6 Å². The van der Waals surface area contributed by atoms with Crippen molar-refractivity contribution in [3.63, 3.8) is 0 Å². The molecule has 0 saturated carbocycles. The van der Waals surface area contributed by atoms with Crippen LogP contribution in [0.15, 0.2) is 83.8 Å². The summed E-state index contributed by atoms with van der Waals surface area (Å²) in [7, 11) is -0.588. The maximum Gasteiger partial charge on any atom is 0.242 e. The summed E-state index contributed by atoms with van der Waals surface area (Å²) >= 11 is 0. The van der Waals surface area contributed by atoms with Gasteiger partial charge in [-0.1, -0.05) is 66.7 Å². The van der Waals surface area contributed by atoms with Gasteiger partial charge in [-0.15, -0.1) is 0 Å². The van der Waals surface area contributed by atoms with E-state index in [1.807, 2.05) is 60.7 Å². The molecule has 0 bridgehead atoms. The first-order valence-corrected chi connectivity index (χ1v) is 11.8. The van der Waals surface area contributed by atoms with E-state index in [4.69, 9.17) is 0 Å². The second kappa shape index (κ2) is 9.97. The first-order valence-electron chi connectivity index (χ1n) is 10.4. The Bertz CT molecular complexity index is 1120. The molecule has 0 radical (unpaired) electrons. The van der Waals surface area contributed by atoms with Crippen molar-refractivity contribution in [3.05, 3.63) is 95.6 Å². The zero-order valence-corrected chi connectivity index (χ0v) is 19.6. The zero-order valence-electron chi connectivity index (χ0n) is 18.7. The number of hydrogen-bond donors (Lipinski definition) is 2. The van der Waals surface area contributed by atoms with Gasteiger partial charge < -0.3 is 10.6 Å². The highest BCUT2D eigenvalue weighted by molar-refractivity contribution is 7.89. The van der Waals surface area contributed by atoms with Crippen molar-refractivity contribution >= 4 is 21.6 Å². The molecule has 32 heavy (non-hydrogen) atoms. The van der Waals surface area contributed by atoms with Crippen LogP contribution in [0.3, 0.4) is 0 Å². The minimum Gasteiger partial charge on any atom is -0.374 e. The smallest absolute Gasteiger partial charge is 0.242 e. The third-order valence-electron chi connectivity index (χ3n) is 5.28. The van der Waals surface area contributed by atoms with E-state index in [-0.39, 0.29) is 16.8 Å². The fourth-order valence-corrected chi connectivity index (χ4v) is 4.54. The second-order valence-corrected chi connectivity index (χ2v) is 10.0. The average Bonchev–Trinajstić information content (AvgIpc) is 2.79. The summed E-state index contributed by atoms with van der Waals surface area (Å²) < 4.78 is 26.4. The number of hydrogen-bond acceptors (Lipinski definition) is 4. The van der Waals surface area contributed by atoms with Gasteiger partial charge in [-0.3, -0.25) is 4.79 Å². The quantitative estimate of drug-likeness (QED) is 0.544. The number of carbonyl (C=O) groups excluding carboxylic acids is 1. The molecule has 0 fully saturated rings. The first kappa shape index (κ1) is 23.5. The number of amides is 1. The van der Waals surface area contributed by atoms with Gasteiger partial charge in [0.25, 0.3) is 0 Å². The molecule has 6 nitrogen and oxygen atoms in total. The predicted molar refractivity (Wildman–Crippen MR) is 128 cm³/mol. The Morgan fingerprint density at radius 3 is 1.91 bits per heavy atom. The van der Waals surface area contributed by atoms with E-state index >= 15 is 0 Å². The van der Waals surface area contributed by atoms with Crippen molar-refractivity contribution in [1.29, 1.82) is 0 Å². The lowest BCUT2D eigenvalue weighted by Crippen LogP contribution is -2.40. The maximum atomic E-state index is 13.1. The van der Waals surface area contributed by atoms with Crippen LogP contribution in [0.5, 0.6) is 0 Å². The molecule has 3 aromatic rings. The molecule has 0 aliphatic carbocycles. The van der Waals surface area contributed by atoms with Crippen LogP contribution in [0.1, 0.15) is 29.7 Å². The fourth-order valence-electron chi connectivity index (χ4n) is 3.40. The lowest BCUT2D eigenvalue weighted by Gasteiger charge is -2.23. The van der Waals surface area contributed by atoms with Crippen molar-refractivity contribution in [2.24, 2.45) is 0 Å². The summed E-state index contributed by atoms with van der Waals surface area (Å²) in [6.45, 7) is 3.50. The number of nitrogens with one attached hydrogen (secondary N) is 2. The van der Waals surface area contributed by atoms with E-state index < -0.39 is 16.1 Å². The van der Waals surface area contributed by atoms with Crippen LogP contribution in [0, 0.1) is 6.92 Å². The van der Waals surface area contributed by atoms with Crippen molar-refractivity contribution in [2.75, 3.05) is 19.4 Å². The Hall–Kier alpha value is -3.16. The molecular formula is C25H29N3O3S. The van der Waals surface area contributed by atoms with E-state index in [9.17, 15) is 13.2 Å². The topological polar surface area (TPSA) is 78.5 Å². The van der Waals surface area contributed by atoms with Crippen LogP contribution in [0.25, 0.3) is 0 Å². The van der Waals surface area contributed by atoms with Crippen LogP contribution in [-0.4, -0.2) is 38.8 Å². The second-order valence-electron chi connectivity index (χ2n) is 7.90. The Morgan fingerprint density at radius 2 is 1.41 bits per heavy atom. The largest absolute Gasteiger partial charge is 0.374 e. The van der Waals surface area contributed by atoms with E-state index in [1.165, 1.54) is 18.4 Å². The molecule has 0 saturated heterocycles. The minimum atomic E-state index is -3.58. The minimum absolute atomic E-state index is 0.194. The van der Waals surface area contributed by atoms with Gasteiger partial charge >= 0.3 is 0 Å². The standard InChI is InChI=1S/C25H29N3O3S/c1-18-15-16-22(17-23(18)32(30,31)28(3)4)26-19(2)25(29)27-24(20-11-7-5-8-12-20)21-13-9-6-10-14-21/h5-17,19,24,26H,1-4H3,(H,27,29). The lowest BCUT2D eigenvalue weighted by molar-refractivity contribution is -0.122. The van der Waals surface area contributed by atoms with Crippen LogP contribution >= 0.6 is 0 Å². The van der Waals surface area contributed by atoms with Crippen LogP contribution in [0.2, 0.25) is 0 Å². The third kappa shape index (κ3) is 5.36. The summed E-state index contributed by atoms with van der Waals surface area (Å²) in [6, 6.07) is 23.8. The number of anilines is 1. The molecule has 1 unspecified atom stereocenters. The highest BCUT2D eigenvalue weighted by atomic mass is 32.2. The molecule has 2 N–H and O–H groups in total. The number of nitrogens with zero attached hydrogens (tertiary/aromatic N) is 1. The number of sulfonamides is 1. The van der Waals surface area contributed by atoms with Crippen LogP contribution in [0.4, 0.5) is 5.69 Å². The number of rotatable bonds is 8. The summed E-state index contributed by atoms with van der Waals surface area (Å²) in [6.07, 6.45) is 0. The molecule has 3 aromatic carbocycles. The number of carbonyl (C=O) groups is 1. The molecule has 168 valence electrons. The van der Waals surface area contributed by atoms with Gasteiger partial charge in [-0.25, -0.2) is 12.7 Å². The number of benzene rings is 3. The SMILES string of the molecule is Cc1ccc(NC(C)C(=O)NC(c2ccccc2)c2ccccc2)cc1S(=O)(=O)N(C)C. The highest BCUT2D eigenvalue weighted by Crippen LogP contribution is 2.24. The van der Waals surface area contributed by atoms with Crippen molar-refractivity contribution < 1.29 is 13.2 Å². The molecule has 3 rings (SSSR count). The van der Waals surface area contributed by atoms with Gasteiger partial charge in [0.1, 0.15) is 6.04 Å². The molecule has 1 amide bonds. The molecule has 0 aromatic heterocycles.